The molecule has 19 heavy (non-hydrogen) atoms. The molecule has 0 fully saturated rings. The Kier molecular flexibility index (Phi) is 2.89. The van der Waals surface area contributed by atoms with E-state index in [-0.39, 0.29) is 21.2 Å². The first kappa shape index (κ1) is 12.3. The molecular formula is C10H4Cl2N4O2S. The Bertz CT molecular complexity index is 885. The van der Waals surface area contributed by atoms with Crippen LogP contribution in [0.1, 0.15) is 0 Å². The summed E-state index contributed by atoms with van der Waals surface area (Å²) in [5, 5.41) is 2.25. The van der Waals surface area contributed by atoms with Gasteiger partial charge in [-0.25, -0.2) is 19.3 Å². The zero-order valence-electron chi connectivity index (χ0n) is 9.05. The minimum Gasteiger partial charge on any atom is -0.273 e. The Balaban J connectivity index is 2.59. The Morgan fingerprint density at radius 3 is 2.79 bits per heavy atom. The number of nitrogens with zero attached hydrogens (tertiary/aromatic N) is 3. The van der Waals surface area contributed by atoms with Crippen molar-refractivity contribution in [2.75, 3.05) is 0 Å². The number of hydrogen-bond acceptors (Lipinski definition) is 5. The van der Waals surface area contributed by atoms with E-state index < -0.39 is 11.2 Å². The van der Waals surface area contributed by atoms with Crippen molar-refractivity contribution in [2.45, 2.75) is 0 Å². The third kappa shape index (κ3) is 1.95. The maximum atomic E-state index is 11.9. The molecule has 0 radical (unpaired) electrons. The molecule has 0 spiro atoms. The second kappa shape index (κ2) is 4.44. The smallest absolute Gasteiger partial charge is 0.273 e. The molecule has 0 unspecified atom stereocenters. The molecule has 0 aromatic carbocycles. The zero-order chi connectivity index (χ0) is 13.6. The van der Waals surface area contributed by atoms with Gasteiger partial charge in [-0.05, 0) is 0 Å². The van der Waals surface area contributed by atoms with Gasteiger partial charge in [-0.3, -0.25) is 9.78 Å². The van der Waals surface area contributed by atoms with E-state index >= 15 is 0 Å². The van der Waals surface area contributed by atoms with Gasteiger partial charge in [-0.15, -0.1) is 11.3 Å². The summed E-state index contributed by atoms with van der Waals surface area (Å²) in [6, 6.07) is 1.40. The van der Waals surface area contributed by atoms with Crippen molar-refractivity contribution in [1.29, 1.82) is 0 Å². The average molecular weight is 315 g/mol. The predicted octanol–water partition coefficient (Wildman–Crippen LogP) is 1.84. The molecule has 0 aliphatic carbocycles. The van der Waals surface area contributed by atoms with Crippen LogP contribution in [-0.2, 0) is 0 Å². The number of hydrogen-bond donors (Lipinski definition) is 1. The molecule has 0 saturated heterocycles. The number of thiazole rings is 1. The summed E-state index contributed by atoms with van der Waals surface area (Å²) in [6.45, 7) is 0. The molecule has 3 heterocycles. The van der Waals surface area contributed by atoms with Gasteiger partial charge in [0.05, 0.1) is 5.52 Å². The van der Waals surface area contributed by atoms with Gasteiger partial charge in [-0.1, -0.05) is 23.2 Å². The van der Waals surface area contributed by atoms with E-state index in [9.17, 15) is 9.59 Å². The molecule has 96 valence electrons. The first-order valence-electron chi connectivity index (χ1n) is 4.99. The molecule has 0 bridgehead atoms. The van der Waals surface area contributed by atoms with Gasteiger partial charge < -0.3 is 0 Å². The van der Waals surface area contributed by atoms with Crippen LogP contribution in [0.25, 0.3) is 16.0 Å². The summed E-state index contributed by atoms with van der Waals surface area (Å²) in [7, 11) is 0. The SMILES string of the molecule is O=c1[nH]c(=O)n(-c2nccs2)c2cc(Cl)nc(Cl)c12. The van der Waals surface area contributed by atoms with Crippen molar-refractivity contribution >= 4 is 45.4 Å². The lowest BCUT2D eigenvalue weighted by Crippen LogP contribution is -2.29. The minimum atomic E-state index is -0.609. The van der Waals surface area contributed by atoms with Gasteiger partial charge in [-0.2, -0.15) is 0 Å². The van der Waals surface area contributed by atoms with E-state index in [1.54, 1.807) is 11.6 Å². The highest BCUT2D eigenvalue weighted by Gasteiger charge is 2.15. The van der Waals surface area contributed by atoms with E-state index in [4.69, 9.17) is 23.2 Å². The molecule has 3 aromatic heterocycles. The van der Waals surface area contributed by atoms with E-state index in [2.05, 4.69) is 15.0 Å². The first-order chi connectivity index (χ1) is 9.08. The quantitative estimate of drug-likeness (QED) is 0.695. The lowest BCUT2D eigenvalue weighted by molar-refractivity contribution is 0.929. The van der Waals surface area contributed by atoms with Gasteiger partial charge in [0.2, 0.25) is 0 Å². The molecule has 0 aliphatic rings. The van der Waals surface area contributed by atoms with Crippen LogP contribution in [0.5, 0.6) is 0 Å². The fourth-order valence-electron chi connectivity index (χ4n) is 1.70. The summed E-state index contributed by atoms with van der Waals surface area (Å²) in [4.78, 5) is 33.8. The van der Waals surface area contributed by atoms with Crippen LogP contribution in [0.2, 0.25) is 10.3 Å². The molecule has 3 rings (SSSR count). The lowest BCUT2D eigenvalue weighted by Gasteiger charge is -2.07. The predicted molar refractivity (Wildman–Crippen MR) is 73.7 cm³/mol. The van der Waals surface area contributed by atoms with Crippen LogP contribution in [0.3, 0.4) is 0 Å². The van der Waals surface area contributed by atoms with Crippen molar-refractivity contribution in [2.24, 2.45) is 0 Å². The van der Waals surface area contributed by atoms with Crippen molar-refractivity contribution in [3.8, 4) is 5.13 Å². The highest BCUT2D eigenvalue weighted by atomic mass is 35.5. The Labute approximate surface area is 119 Å². The summed E-state index contributed by atoms with van der Waals surface area (Å²) in [6.07, 6.45) is 1.55. The van der Waals surface area contributed by atoms with Crippen molar-refractivity contribution < 1.29 is 0 Å². The lowest BCUT2D eigenvalue weighted by atomic mass is 10.3. The highest BCUT2D eigenvalue weighted by molar-refractivity contribution is 7.12. The van der Waals surface area contributed by atoms with Crippen LogP contribution in [0, 0.1) is 0 Å². The topological polar surface area (TPSA) is 80.6 Å². The summed E-state index contributed by atoms with van der Waals surface area (Å²) in [5.41, 5.74) is -0.943. The standard InChI is InChI=1S/C10H4Cl2N4O2S/c11-5-3-4-6(7(12)14-5)8(17)15-9(18)16(4)10-13-1-2-19-10/h1-3H,(H,15,17,18). The number of aromatic nitrogens is 4. The van der Waals surface area contributed by atoms with Gasteiger partial charge >= 0.3 is 5.69 Å². The van der Waals surface area contributed by atoms with Crippen LogP contribution in [-0.4, -0.2) is 19.5 Å². The van der Waals surface area contributed by atoms with E-state index in [0.29, 0.717) is 5.13 Å². The Morgan fingerprint density at radius 1 is 1.32 bits per heavy atom. The van der Waals surface area contributed by atoms with Gasteiger partial charge in [0.25, 0.3) is 5.56 Å². The fraction of sp³-hybridized carbons (Fsp3) is 0. The van der Waals surface area contributed by atoms with Crippen molar-refractivity contribution in [1.82, 2.24) is 19.5 Å². The number of aromatic amines is 1. The zero-order valence-corrected chi connectivity index (χ0v) is 11.4. The van der Waals surface area contributed by atoms with Crippen LogP contribution in [0.4, 0.5) is 0 Å². The van der Waals surface area contributed by atoms with Crippen molar-refractivity contribution in [3.05, 3.63) is 48.8 Å². The van der Waals surface area contributed by atoms with Gasteiger partial charge in [0, 0.05) is 17.6 Å². The van der Waals surface area contributed by atoms with E-state index in [1.807, 2.05) is 0 Å². The molecule has 0 aliphatic heterocycles. The first-order valence-corrected chi connectivity index (χ1v) is 6.62. The summed E-state index contributed by atoms with van der Waals surface area (Å²) < 4.78 is 1.24. The van der Waals surface area contributed by atoms with Crippen molar-refractivity contribution in [3.63, 3.8) is 0 Å². The van der Waals surface area contributed by atoms with Gasteiger partial charge in [0.1, 0.15) is 15.7 Å². The molecular weight excluding hydrogens is 311 g/mol. The third-order valence-electron chi connectivity index (χ3n) is 2.43. The number of fused-ring (bicyclic) bond motifs is 1. The van der Waals surface area contributed by atoms with E-state index in [0.717, 1.165) is 0 Å². The Morgan fingerprint density at radius 2 is 2.11 bits per heavy atom. The number of H-pyrrole nitrogens is 1. The Hall–Kier alpha value is -1.70. The third-order valence-corrected chi connectivity index (χ3v) is 3.65. The highest BCUT2D eigenvalue weighted by Crippen LogP contribution is 2.23. The summed E-state index contributed by atoms with van der Waals surface area (Å²) in [5.74, 6) is 0. The number of pyridine rings is 1. The molecule has 1 N–H and O–H groups in total. The van der Waals surface area contributed by atoms with Crippen LogP contribution in [0.15, 0.2) is 27.2 Å². The average Bonchev–Trinajstić information content (AvgIpc) is 2.80. The van der Waals surface area contributed by atoms with Gasteiger partial charge in [0.15, 0.2) is 5.13 Å². The largest absolute Gasteiger partial charge is 0.335 e. The second-order valence-corrected chi connectivity index (χ2v) is 5.16. The number of rotatable bonds is 1. The number of halogens is 2. The normalized spacial score (nSPS) is 11.1. The fourth-order valence-corrected chi connectivity index (χ4v) is 2.86. The molecule has 9 heteroatoms. The minimum absolute atomic E-state index is 0.0611. The summed E-state index contributed by atoms with van der Waals surface area (Å²) >= 11 is 13.0. The molecule has 3 aromatic rings. The molecule has 0 atom stereocenters. The van der Waals surface area contributed by atoms with Crippen LogP contribution < -0.4 is 11.2 Å². The molecule has 0 amide bonds. The number of nitrogens with one attached hydrogen (secondary N) is 1. The second-order valence-electron chi connectivity index (χ2n) is 3.54. The molecule has 6 nitrogen and oxygen atoms in total. The van der Waals surface area contributed by atoms with E-state index in [1.165, 1.54) is 22.0 Å². The monoisotopic (exact) mass is 314 g/mol. The maximum Gasteiger partial charge on any atom is 0.335 e. The molecule has 0 saturated carbocycles. The maximum absolute atomic E-state index is 11.9. The van der Waals surface area contributed by atoms with Crippen LogP contribution >= 0.6 is 34.5 Å².